The normalized spacial score (nSPS) is 15.5. The first-order chi connectivity index (χ1) is 12.2. The molecule has 7 heteroatoms. The summed E-state index contributed by atoms with van der Waals surface area (Å²) in [5.41, 5.74) is 0.886. The minimum Gasteiger partial charge on any atom is -0.352 e. The van der Waals surface area contributed by atoms with E-state index in [1.807, 2.05) is 35.2 Å². The second kappa shape index (κ2) is 6.51. The zero-order valence-corrected chi connectivity index (χ0v) is 14.0. The SMILES string of the molecule is Cn1ccnc(N2CCC(c3nc(-c4ccccc4)no3)CC2)c1=O. The van der Waals surface area contributed by atoms with Crippen molar-refractivity contribution in [3.63, 3.8) is 0 Å². The van der Waals surface area contributed by atoms with E-state index in [0.29, 0.717) is 17.5 Å². The summed E-state index contributed by atoms with van der Waals surface area (Å²) in [4.78, 5) is 23.0. The molecule has 0 unspecified atom stereocenters. The van der Waals surface area contributed by atoms with Gasteiger partial charge >= 0.3 is 0 Å². The molecule has 0 spiro atoms. The van der Waals surface area contributed by atoms with Crippen molar-refractivity contribution in [3.05, 3.63) is 59.0 Å². The van der Waals surface area contributed by atoms with Crippen molar-refractivity contribution in [3.8, 4) is 11.4 Å². The van der Waals surface area contributed by atoms with Gasteiger partial charge in [-0.25, -0.2) is 4.98 Å². The Morgan fingerprint density at radius 2 is 1.92 bits per heavy atom. The minimum absolute atomic E-state index is 0.0647. The maximum Gasteiger partial charge on any atom is 0.293 e. The van der Waals surface area contributed by atoms with Crippen LogP contribution in [0.25, 0.3) is 11.4 Å². The van der Waals surface area contributed by atoms with Crippen LogP contribution >= 0.6 is 0 Å². The van der Waals surface area contributed by atoms with Crippen molar-refractivity contribution in [1.29, 1.82) is 0 Å². The Kier molecular flexibility index (Phi) is 4.05. The predicted molar refractivity (Wildman–Crippen MR) is 93.4 cm³/mol. The summed E-state index contributed by atoms with van der Waals surface area (Å²) >= 11 is 0. The predicted octanol–water partition coefficient (Wildman–Crippen LogP) is 2.21. The minimum atomic E-state index is -0.0647. The fraction of sp³-hybridized carbons (Fsp3) is 0.333. The van der Waals surface area contributed by atoms with Crippen LogP contribution in [-0.2, 0) is 7.05 Å². The molecule has 0 saturated carbocycles. The lowest BCUT2D eigenvalue weighted by Crippen LogP contribution is -2.38. The average molecular weight is 337 g/mol. The van der Waals surface area contributed by atoms with Gasteiger partial charge in [-0.3, -0.25) is 4.79 Å². The molecule has 7 nitrogen and oxygen atoms in total. The Morgan fingerprint density at radius 1 is 1.16 bits per heavy atom. The number of piperidine rings is 1. The van der Waals surface area contributed by atoms with Crippen LogP contribution in [0.3, 0.4) is 0 Å². The summed E-state index contributed by atoms with van der Waals surface area (Å²) in [6.07, 6.45) is 5.04. The van der Waals surface area contributed by atoms with E-state index < -0.39 is 0 Å². The maximum atomic E-state index is 12.2. The fourth-order valence-electron chi connectivity index (χ4n) is 3.15. The molecular formula is C18H19N5O2. The van der Waals surface area contributed by atoms with Gasteiger partial charge < -0.3 is 14.0 Å². The van der Waals surface area contributed by atoms with Crippen LogP contribution < -0.4 is 10.5 Å². The van der Waals surface area contributed by atoms with Crippen LogP contribution in [0.1, 0.15) is 24.7 Å². The quantitative estimate of drug-likeness (QED) is 0.729. The monoisotopic (exact) mass is 337 g/mol. The van der Waals surface area contributed by atoms with Gasteiger partial charge in [0.15, 0.2) is 5.82 Å². The van der Waals surface area contributed by atoms with E-state index in [2.05, 4.69) is 15.1 Å². The smallest absolute Gasteiger partial charge is 0.293 e. The topological polar surface area (TPSA) is 77.1 Å². The highest BCUT2D eigenvalue weighted by Crippen LogP contribution is 2.29. The van der Waals surface area contributed by atoms with E-state index in [4.69, 9.17) is 4.52 Å². The third-order valence-electron chi connectivity index (χ3n) is 4.62. The molecule has 1 aliphatic heterocycles. The van der Waals surface area contributed by atoms with Crippen molar-refractivity contribution >= 4 is 5.82 Å². The fourth-order valence-corrected chi connectivity index (χ4v) is 3.15. The Bertz CT molecular complexity index is 910. The Balaban J connectivity index is 1.47. The summed E-state index contributed by atoms with van der Waals surface area (Å²) < 4.78 is 7.04. The number of hydrogen-bond acceptors (Lipinski definition) is 6. The van der Waals surface area contributed by atoms with Gasteiger partial charge in [-0.05, 0) is 12.8 Å². The lowest BCUT2D eigenvalue weighted by Gasteiger charge is -2.30. The second-order valence-electron chi connectivity index (χ2n) is 6.25. The van der Waals surface area contributed by atoms with E-state index in [0.717, 1.165) is 31.5 Å². The van der Waals surface area contributed by atoms with Crippen LogP contribution in [0.4, 0.5) is 5.82 Å². The Labute approximate surface area is 144 Å². The molecule has 0 N–H and O–H groups in total. The second-order valence-corrected chi connectivity index (χ2v) is 6.25. The summed E-state index contributed by atoms with van der Waals surface area (Å²) in [7, 11) is 1.74. The molecule has 2 aromatic heterocycles. The van der Waals surface area contributed by atoms with Gasteiger partial charge in [-0.2, -0.15) is 4.98 Å². The summed E-state index contributed by atoms with van der Waals surface area (Å²) in [5, 5.41) is 4.10. The zero-order chi connectivity index (χ0) is 17.2. The van der Waals surface area contributed by atoms with Gasteiger partial charge in [0.05, 0.1) is 0 Å². The maximum absolute atomic E-state index is 12.2. The molecule has 128 valence electrons. The van der Waals surface area contributed by atoms with E-state index in [1.54, 1.807) is 24.0 Å². The largest absolute Gasteiger partial charge is 0.352 e. The highest BCUT2D eigenvalue weighted by Gasteiger charge is 2.27. The van der Waals surface area contributed by atoms with Crippen molar-refractivity contribution in [2.75, 3.05) is 18.0 Å². The van der Waals surface area contributed by atoms with E-state index in [-0.39, 0.29) is 11.5 Å². The molecule has 0 atom stereocenters. The highest BCUT2D eigenvalue weighted by molar-refractivity contribution is 5.53. The number of rotatable bonds is 3. The molecule has 1 aliphatic rings. The van der Waals surface area contributed by atoms with Gasteiger partial charge in [-0.1, -0.05) is 35.5 Å². The number of aryl methyl sites for hydroxylation is 1. The molecule has 3 aromatic rings. The van der Waals surface area contributed by atoms with Crippen LogP contribution in [0.15, 0.2) is 52.0 Å². The summed E-state index contributed by atoms with van der Waals surface area (Å²) in [6, 6.07) is 9.80. The third-order valence-corrected chi connectivity index (χ3v) is 4.62. The van der Waals surface area contributed by atoms with Crippen molar-refractivity contribution in [1.82, 2.24) is 19.7 Å². The number of anilines is 1. The van der Waals surface area contributed by atoms with E-state index >= 15 is 0 Å². The number of hydrogen-bond donors (Lipinski definition) is 0. The van der Waals surface area contributed by atoms with Crippen LogP contribution in [-0.4, -0.2) is 32.8 Å². The first-order valence-electron chi connectivity index (χ1n) is 8.38. The highest BCUT2D eigenvalue weighted by atomic mass is 16.5. The van der Waals surface area contributed by atoms with Crippen LogP contribution in [0, 0.1) is 0 Å². The average Bonchev–Trinajstić information content (AvgIpc) is 3.15. The molecule has 0 aliphatic carbocycles. The number of nitrogens with zero attached hydrogens (tertiary/aromatic N) is 5. The Morgan fingerprint density at radius 3 is 2.68 bits per heavy atom. The van der Waals surface area contributed by atoms with Crippen molar-refractivity contribution < 1.29 is 4.52 Å². The third kappa shape index (κ3) is 3.05. The molecular weight excluding hydrogens is 318 g/mol. The summed E-state index contributed by atoms with van der Waals surface area (Å²) in [6.45, 7) is 1.50. The van der Waals surface area contributed by atoms with E-state index in [9.17, 15) is 4.79 Å². The Hall–Kier alpha value is -2.96. The van der Waals surface area contributed by atoms with Gasteiger partial charge in [0, 0.05) is 44.0 Å². The molecule has 0 radical (unpaired) electrons. The molecule has 1 fully saturated rings. The van der Waals surface area contributed by atoms with Gasteiger partial charge in [0.2, 0.25) is 11.7 Å². The van der Waals surface area contributed by atoms with Crippen LogP contribution in [0.5, 0.6) is 0 Å². The molecule has 1 saturated heterocycles. The summed E-state index contributed by atoms with van der Waals surface area (Å²) in [5.74, 6) is 2.02. The first kappa shape index (κ1) is 15.6. The van der Waals surface area contributed by atoms with Gasteiger partial charge in [0.1, 0.15) is 0 Å². The molecule has 3 heterocycles. The molecule has 25 heavy (non-hydrogen) atoms. The number of aromatic nitrogens is 4. The van der Waals surface area contributed by atoms with Gasteiger partial charge in [-0.15, -0.1) is 0 Å². The zero-order valence-electron chi connectivity index (χ0n) is 14.0. The van der Waals surface area contributed by atoms with Crippen LogP contribution in [0.2, 0.25) is 0 Å². The van der Waals surface area contributed by atoms with Crippen molar-refractivity contribution in [2.45, 2.75) is 18.8 Å². The van der Waals surface area contributed by atoms with Gasteiger partial charge in [0.25, 0.3) is 5.56 Å². The molecule has 0 bridgehead atoms. The molecule has 0 amide bonds. The lowest BCUT2D eigenvalue weighted by atomic mass is 9.97. The standard InChI is InChI=1S/C18H19N5O2/c1-22-12-9-19-16(18(22)24)23-10-7-14(8-11-23)17-20-15(21-25-17)13-5-3-2-4-6-13/h2-6,9,12,14H,7-8,10-11H2,1H3. The van der Waals surface area contributed by atoms with E-state index in [1.165, 1.54) is 0 Å². The van der Waals surface area contributed by atoms with Crippen molar-refractivity contribution in [2.24, 2.45) is 7.05 Å². The molecule has 4 rings (SSSR count). The number of benzene rings is 1. The lowest BCUT2D eigenvalue weighted by molar-refractivity contribution is 0.329. The first-order valence-corrected chi connectivity index (χ1v) is 8.38. The molecule has 1 aromatic carbocycles.